The van der Waals surface area contributed by atoms with E-state index in [0.717, 1.165) is 16.6 Å². The van der Waals surface area contributed by atoms with Crippen LogP contribution in [0.5, 0.6) is 11.5 Å². The summed E-state index contributed by atoms with van der Waals surface area (Å²) in [5, 5.41) is 22.5. The quantitative estimate of drug-likeness (QED) is 0.325. The van der Waals surface area contributed by atoms with E-state index in [1.54, 1.807) is 47.2 Å². The van der Waals surface area contributed by atoms with Crippen molar-refractivity contribution in [2.45, 2.75) is 0 Å². The molecule has 0 fully saturated rings. The fraction of sp³-hybridized carbons (Fsp3) is 0.0455. The Morgan fingerprint density at radius 1 is 1.12 bits per heavy atom. The molecule has 0 unspecified atom stereocenters. The number of rotatable bonds is 5. The number of nitrogens with one attached hydrogen (secondary N) is 1. The van der Waals surface area contributed by atoms with Crippen molar-refractivity contribution in [1.82, 2.24) is 19.7 Å². The lowest BCUT2D eigenvalue weighted by atomic mass is 10.1. The minimum atomic E-state index is -0.0192. The van der Waals surface area contributed by atoms with Crippen LogP contribution in [0, 0.1) is 4.91 Å². The molecule has 0 aliphatic heterocycles. The van der Waals surface area contributed by atoms with E-state index < -0.39 is 0 Å². The monoisotopic (exact) mass is 424 g/mol. The summed E-state index contributed by atoms with van der Waals surface area (Å²) in [7, 11) is 3.36. The molecule has 0 bridgehead atoms. The number of benzene rings is 3. The van der Waals surface area contributed by atoms with E-state index >= 15 is 0 Å². The highest BCUT2D eigenvalue weighted by molar-refractivity contribution is 6.10. The van der Waals surface area contributed by atoms with Crippen LogP contribution in [0.3, 0.4) is 0 Å². The van der Waals surface area contributed by atoms with Crippen LogP contribution >= 0.6 is 0 Å². The summed E-state index contributed by atoms with van der Waals surface area (Å²) in [6.07, 6.45) is 1.79. The van der Waals surface area contributed by atoms with Gasteiger partial charge < -0.3 is 19.8 Å². The van der Waals surface area contributed by atoms with E-state index in [0.29, 0.717) is 33.9 Å². The van der Waals surface area contributed by atoms with Gasteiger partial charge in [0.2, 0.25) is 7.98 Å². The van der Waals surface area contributed by atoms with Gasteiger partial charge in [0.1, 0.15) is 11.5 Å². The van der Waals surface area contributed by atoms with Crippen LogP contribution in [0.15, 0.2) is 66.0 Å². The van der Waals surface area contributed by atoms with E-state index in [1.165, 1.54) is 7.11 Å². The number of aromatic hydroxyl groups is 1. The highest BCUT2D eigenvalue weighted by Crippen LogP contribution is 2.36. The summed E-state index contributed by atoms with van der Waals surface area (Å²) >= 11 is 0. The van der Waals surface area contributed by atoms with Gasteiger partial charge in [-0.3, -0.25) is 0 Å². The van der Waals surface area contributed by atoms with Crippen LogP contribution < -0.4 is 10.1 Å². The first-order valence-corrected chi connectivity index (χ1v) is 9.77. The van der Waals surface area contributed by atoms with Gasteiger partial charge in [-0.1, -0.05) is 12.1 Å². The fourth-order valence-electron chi connectivity index (χ4n) is 3.61. The van der Waals surface area contributed by atoms with E-state index in [4.69, 9.17) is 4.74 Å². The first-order chi connectivity index (χ1) is 15.6. The van der Waals surface area contributed by atoms with Crippen molar-refractivity contribution < 1.29 is 9.84 Å². The predicted octanol–water partition coefficient (Wildman–Crippen LogP) is 3.90. The van der Waals surface area contributed by atoms with E-state index in [9.17, 15) is 10.0 Å². The number of phenols is 1. The van der Waals surface area contributed by atoms with Crippen molar-refractivity contribution in [3.63, 3.8) is 0 Å². The lowest BCUT2D eigenvalue weighted by Gasteiger charge is -2.13. The standard InChI is InChI=1S/C22H17BN6O3/c1-32-20-10-17-16(9-19(20)30)22(25-14-5-6-18-13(8-14)11-24-29(18)23)27-21(26-17)12-3-2-4-15(7-12)28-31/h2-11,30H,23H2,1H3,(H,25,26,27). The SMILES string of the molecule is Bn1ncc2cc(Nc3nc(-c4cccc(N=O)c4)nc4cc(OC)c(O)cc34)ccc21. The lowest BCUT2D eigenvalue weighted by Crippen LogP contribution is -2.00. The Balaban J connectivity index is 1.68. The number of phenolic OH excluding ortho intramolecular Hbond substituents is 1. The molecule has 2 heterocycles. The smallest absolute Gasteiger partial charge is 0.249 e. The number of hydrogen-bond acceptors (Lipinski definition) is 8. The Bertz CT molecular complexity index is 1500. The lowest BCUT2D eigenvalue weighted by molar-refractivity contribution is 0.374. The van der Waals surface area contributed by atoms with Crippen molar-refractivity contribution in [1.29, 1.82) is 0 Å². The molecule has 2 N–H and O–H groups in total. The number of nitroso groups, excluding NO2 is 1. The average Bonchev–Trinajstić information content (AvgIpc) is 3.18. The first kappa shape index (κ1) is 19.5. The molecule has 156 valence electrons. The molecule has 0 spiro atoms. The molecule has 0 atom stereocenters. The van der Waals surface area contributed by atoms with E-state index in [-0.39, 0.29) is 11.4 Å². The summed E-state index contributed by atoms with van der Waals surface area (Å²) in [6, 6.07) is 15.8. The van der Waals surface area contributed by atoms with Gasteiger partial charge in [-0.15, -0.1) is 4.91 Å². The van der Waals surface area contributed by atoms with Crippen molar-refractivity contribution in [2.75, 3.05) is 12.4 Å². The van der Waals surface area contributed by atoms with Gasteiger partial charge in [0, 0.05) is 28.1 Å². The highest BCUT2D eigenvalue weighted by Gasteiger charge is 2.15. The molecule has 0 amide bonds. The van der Waals surface area contributed by atoms with Gasteiger partial charge in [-0.25, -0.2) is 9.97 Å². The molecular formula is C22H17BN6O3. The maximum Gasteiger partial charge on any atom is 0.249 e. The molecule has 5 aromatic rings. The molecule has 0 radical (unpaired) electrons. The minimum Gasteiger partial charge on any atom is -0.504 e. The number of fused-ring (bicyclic) bond motifs is 2. The Labute approximate surface area is 183 Å². The van der Waals surface area contributed by atoms with Crippen molar-refractivity contribution in [3.8, 4) is 22.9 Å². The summed E-state index contributed by atoms with van der Waals surface area (Å²) < 4.78 is 7.05. The van der Waals surface area contributed by atoms with E-state index in [1.807, 2.05) is 26.2 Å². The molecule has 0 aliphatic rings. The molecule has 10 heteroatoms. The molecule has 32 heavy (non-hydrogen) atoms. The number of hydrogen-bond donors (Lipinski definition) is 2. The molecule has 0 aliphatic carbocycles. The third kappa shape index (κ3) is 3.37. The fourth-order valence-corrected chi connectivity index (χ4v) is 3.61. The largest absolute Gasteiger partial charge is 0.504 e. The van der Waals surface area contributed by atoms with E-state index in [2.05, 4.69) is 25.6 Å². The number of anilines is 2. The van der Waals surface area contributed by atoms with Crippen LogP contribution in [0.4, 0.5) is 17.2 Å². The Hall–Kier alpha value is -4.47. The van der Waals surface area contributed by atoms with Crippen LogP contribution in [0.2, 0.25) is 0 Å². The number of aromatic nitrogens is 4. The maximum absolute atomic E-state index is 11.0. The van der Waals surface area contributed by atoms with Crippen LogP contribution in [0.25, 0.3) is 33.2 Å². The first-order valence-electron chi connectivity index (χ1n) is 9.77. The molecular weight excluding hydrogens is 407 g/mol. The van der Waals surface area contributed by atoms with Gasteiger partial charge >= 0.3 is 0 Å². The summed E-state index contributed by atoms with van der Waals surface area (Å²) in [5.74, 6) is 1.18. The highest BCUT2D eigenvalue weighted by atomic mass is 16.5. The number of methoxy groups -OCH3 is 1. The Kier molecular flexibility index (Phi) is 4.66. The minimum absolute atomic E-state index is 0.0192. The summed E-state index contributed by atoms with van der Waals surface area (Å²) in [5.41, 5.74) is 3.30. The number of ether oxygens (including phenoxy) is 1. The van der Waals surface area contributed by atoms with Gasteiger partial charge in [-0.2, -0.15) is 5.10 Å². The van der Waals surface area contributed by atoms with Gasteiger partial charge in [-0.05, 0) is 41.6 Å². The Morgan fingerprint density at radius 2 is 2.00 bits per heavy atom. The van der Waals surface area contributed by atoms with Gasteiger partial charge in [0.15, 0.2) is 17.3 Å². The second-order valence-corrected chi connectivity index (χ2v) is 7.25. The zero-order valence-corrected chi connectivity index (χ0v) is 17.3. The van der Waals surface area contributed by atoms with Crippen molar-refractivity contribution >= 4 is 47.0 Å². The normalized spacial score (nSPS) is 11.0. The van der Waals surface area contributed by atoms with Crippen LogP contribution in [0.1, 0.15) is 0 Å². The molecule has 0 saturated heterocycles. The maximum atomic E-state index is 11.0. The third-order valence-electron chi connectivity index (χ3n) is 5.22. The molecule has 9 nitrogen and oxygen atoms in total. The van der Waals surface area contributed by atoms with Gasteiger partial charge in [0.25, 0.3) is 0 Å². The molecule has 5 rings (SSSR count). The summed E-state index contributed by atoms with van der Waals surface area (Å²) in [6.45, 7) is 0. The Morgan fingerprint density at radius 3 is 2.81 bits per heavy atom. The molecule has 3 aromatic carbocycles. The zero-order chi connectivity index (χ0) is 22.2. The van der Waals surface area contributed by atoms with Gasteiger partial charge in [0.05, 0.1) is 24.3 Å². The number of nitrogens with zero attached hydrogens (tertiary/aromatic N) is 5. The van der Waals surface area contributed by atoms with Crippen LogP contribution in [-0.4, -0.2) is 39.9 Å². The summed E-state index contributed by atoms with van der Waals surface area (Å²) in [4.78, 5) is 20.3. The van der Waals surface area contributed by atoms with Crippen molar-refractivity contribution in [2.24, 2.45) is 5.18 Å². The third-order valence-corrected chi connectivity index (χ3v) is 5.22. The topological polar surface area (TPSA) is 115 Å². The molecule has 0 saturated carbocycles. The second-order valence-electron chi connectivity index (χ2n) is 7.25. The predicted molar refractivity (Wildman–Crippen MR) is 126 cm³/mol. The zero-order valence-electron chi connectivity index (χ0n) is 17.3. The molecule has 2 aromatic heterocycles. The van der Waals surface area contributed by atoms with Crippen LogP contribution in [-0.2, 0) is 0 Å². The van der Waals surface area contributed by atoms with Crippen molar-refractivity contribution in [3.05, 3.63) is 65.7 Å². The average molecular weight is 424 g/mol. The second kappa shape index (κ2) is 7.66.